The number of aromatic amines is 1. The van der Waals surface area contributed by atoms with Gasteiger partial charge in [-0.15, -0.1) is 0 Å². The van der Waals surface area contributed by atoms with Crippen LogP contribution in [-0.4, -0.2) is 69.3 Å². The predicted octanol–water partition coefficient (Wildman–Crippen LogP) is -2.63. The number of imidazole rings is 1. The molecular weight excluding hydrogens is 410 g/mol. The van der Waals surface area contributed by atoms with Gasteiger partial charge in [0, 0.05) is 18.3 Å². The zero-order chi connectivity index (χ0) is 23.6. The maximum Gasteiger partial charge on any atom is 0.322 e. The molecule has 0 spiro atoms. The van der Waals surface area contributed by atoms with E-state index < -0.39 is 60.7 Å². The van der Waals surface area contributed by atoms with Gasteiger partial charge < -0.3 is 37.5 Å². The number of carboxylic acids is 1. The molecule has 0 bridgehead atoms. The molecule has 3 unspecified atom stereocenters. The molecule has 0 saturated heterocycles. The third-order valence-corrected chi connectivity index (χ3v) is 4.13. The zero-order valence-electron chi connectivity index (χ0n) is 17.4. The van der Waals surface area contributed by atoms with Gasteiger partial charge in [0.15, 0.2) is 0 Å². The van der Waals surface area contributed by atoms with Crippen LogP contribution in [0.3, 0.4) is 0 Å². The van der Waals surface area contributed by atoms with Gasteiger partial charge in [-0.1, -0.05) is 13.8 Å². The molecule has 1 aromatic rings. The number of primary amides is 1. The van der Waals surface area contributed by atoms with Crippen LogP contribution in [0.15, 0.2) is 12.5 Å². The number of aromatic nitrogens is 2. The van der Waals surface area contributed by atoms with Crippen molar-refractivity contribution < 1.29 is 29.1 Å². The Morgan fingerprint density at radius 2 is 1.74 bits per heavy atom. The third-order valence-electron chi connectivity index (χ3n) is 4.13. The number of nitrogens with zero attached hydrogens (tertiary/aromatic N) is 1. The average molecular weight is 439 g/mol. The van der Waals surface area contributed by atoms with E-state index in [0.717, 1.165) is 0 Å². The molecule has 4 amide bonds. The lowest BCUT2D eigenvalue weighted by atomic mass is 10.0. The standard InChI is InChI=1S/C18H29N7O6/c1-9(2)3-11(19)16(29)24-12(4-10-6-21-8-23-10)18(31)25-13(5-14(20)26)17(30)22-7-15(27)28/h6,8-9,11-13H,3-5,7,19H2,1-2H3,(H2,20,26)(H,21,23)(H,22,30)(H,24,29)(H,25,31)(H,27,28). The summed E-state index contributed by atoms with van der Waals surface area (Å²) in [4.78, 5) is 66.1. The summed E-state index contributed by atoms with van der Waals surface area (Å²) in [6.07, 6.45) is 2.69. The topological polar surface area (TPSA) is 222 Å². The minimum Gasteiger partial charge on any atom is -0.480 e. The number of nitrogens with two attached hydrogens (primary N) is 2. The van der Waals surface area contributed by atoms with Gasteiger partial charge in [0.05, 0.1) is 18.8 Å². The second-order valence-electron chi connectivity index (χ2n) is 7.42. The number of H-pyrrole nitrogens is 1. The smallest absolute Gasteiger partial charge is 0.322 e. The minimum absolute atomic E-state index is 0.00596. The second-order valence-corrected chi connectivity index (χ2v) is 7.42. The molecule has 1 aromatic heterocycles. The molecule has 172 valence electrons. The Labute approximate surface area is 178 Å². The third kappa shape index (κ3) is 9.71. The molecule has 0 fully saturated rings. The van der Waals surface area contributed by atoms with Crippen molar-refractivity contribution in [2.75, 3.05) is 6.54 Å². The monoisotopic (exact) mass is 439 g/mol. The molecule has 0 aliphatic rings. The van der Waals surface area contributed by atoms with E-state index >= 15 is 0 Å². The fourth-order valence-corrected chi connectivity index (χ4v) is 2.69. The number of nitrogens with one attached hydrogen (secondary N) is 4. The Morgan fingerprint density at radius 3 is 2.26 bits per heavy atom. The summed E-state index contributed by atoms with van der Waals surface area (Å²) in [5.41, 5.74) is 11.5. The van der Waals surface area contributed by atoms with Crippen LogP contribution in [0.1, 0.15) is 32.4 Å². The number of aliphatic carboxylic acids is 1. The fourth-order valence-electron chi connectivity index (χ4n) is 2.69. The van der Waals surface area contributed by atoms with E-state index in [4.69, 9.17) is 16.6 Å². The summed E-state index contributed by atoms with van der Waals surface area (Å²) in [6, 6.07) is -3.42. The lowest BCUT2D eigenvalue weighted by Gasteiger charge is -2.23. The maximum absolute atomic E-state index is 12.8. The quantitative estimate of drug-likeness (QED) is 0.172. The van der Waals surface area contributed by atoms with Crippen molar-refractivity contribution in [1.82, 2.24) is 25.9 Å². The molecule has 0 radical (unpaired) electrons. The summed E-state index contributed by atoms with van der Waals surface area (Å²) >= 11 is 0. The zero-order valence-corrected chi connectivity index (χ0v) is 17.4. The molecule has 31 heavy (non-hydrogen) atoms. The SMILES string of the molecule is CC(C)CC(N)C(=O)NC(Cc1cnc[nH]1)C(=O)NC(CC(N)=O)C(=O)NCC(=O)O. The molecule has 0 aromatic carbocycles. The van der Waals surface area contributed by atoms with Crippen LogP contribution in [0.5, 0.6) is 0 Å². The van der Waals surface area contributed by atoms with Crippen molar-refractivity contribution in [2.24, 2.45) is 17.4 Å². The van der Waals surface area contributed by atoms with Crippen molar-refractivity contribution in [3.63, 3.8) is 0 Å². The number of amides is 4. The van der Waals surface area contributed by atoms with E-state index in [1.54, 1.807) is 0 Å². The van der Waals surface area contributed by atoms with Crippen molar-refractivity contribution in [3.05, 3.63) is 18.2 Å². The first kappa shape index (κ1) is 25.6. The number of hydrogen-bond acceptors (Lipinski definition) is 7. The summed E-state index contributed by atoms with van der Waals surface area (Å²) in [5, 5.41) is 15.6. The predicted molar refractivity (Wildman–Crippen MR) is 108 cm³/mol. The van der Waals surface area contributed by atoms with Gasteiger partial charge in [-0.25, -0.2) is 4.98 Å². The number of carboxylic acid groups (broad SMARTS) is 1. The van der Waals surface area contributed by atoms with Crippen LogP contribution in [-0.2, 0) is 30.4 Å². The van der Waals surface area contributed by atoms with E-state index in [9.17, 15) is 24.0 Å². The average Bonchev–Trinajstić information content (AvgIpc) is 3.17. The van der Waals surface area contributed by atoms with Gasteiger partial charge >= 0.3 is 5.97 Å². The summed E-state index contributed by atoms with van der Waals surface area (Å²) in [7, 11) is 0. The molecule has 13 heteroatoms. The van der Waals surface area contributed by atoms with E-state index in [1.807, 2.05) is 13.8 Å². The summed E-state index contributed by atoms with van der Waals surface area (Å²) in [6.45, 7) is 3.08. The van der Waals surface area contributed by atoms with Crippen LogP contribution < -0.4 is 27.4 Å². The highest BCUT2D eigenvalue weighted by atomic mass is 16.4. The van der Waals surface area contributed by atoms with Gasteiger partial charge in [0.25, 0.3) is 0 Å². The van der Waals surface area contributed by atoms with E-state index in [0.29, 0.717) is 12.1 Å². The molecule has 9 N–H and O–H groups in total. The van der Waals surface area contributed by atoms with Gasteiger partial charge in [0.1, 0.15) is 18.6 Å². The highest BCUT2D eigenvalue weighted by Crippen LogP contribution is 2.05. The Hall–Kier alpha value is -3.48. The lowest BCUT2D eigenvalue weighted by Crippen LogP contribution is -2.57. The molecule has 13 nitrogen and oxygen atoms in total. The van der Waals surface area contributed by atoms with Crippen LogP contribution >= 0.6 is 0 Å². The van der Waals surface area contributed by atoms with Crippen molar-refractivity contribution in [2.45, 2.75) is 51.2 Å². The van der Waals surface area contributed by atoms with E-state index in [2.05, 4.69) is 25.9 Å². The van der Waals surface area contributed by atoms with E-state index in [-0.39, 0.29) is 12.3 Å². The fraction of sp³-hybridized carbons (Fsp3) is 0.556. The minimum atomic E-state index is -1.42. The van der Waals surface area contributed by atoms with Gasteiger partial charge in [-0.3, -0.25) is 24.0 Å². The largest absolute Gasteiger partial charge is 0.480 e. The van der Waals surface area contributed by atoms with Gasteiger partial charge in [0.2, 0.25) is 23.6 Å². The first-order valence-corrected chi connectivity index (χ1v) is 9.61. The van der Waals surface area contributed by atoms with Crippen LogP contribution in [0.2, 0.25) is 0 Å². The Kier molecular flexibility index (Phi) is 10.1. The molecule has 0 aliphatic carbocycles. The second kappa shape index (κ2) is 12.3. The lowest BCUT2D eigenvalue weighted by molar-refractivity contribution is -0.138. The highest BCUT2D eigenvalue weighted by Gasteiger charge is 2.29. The first-order valence-electron chi connectivity index (χ1n) is 9.61. The summed E-state index contributed by atoms with van der Waals surface area (Å²) < 4.78 is 0. The number of carbonyl (C=O) groups excluding carboxylic acids is 4. The first-order chi connectivity index (χ1) is 14.5. The number of rotatable bonds is 13. The Bertz CT molecular complexity index is 780. The van der Waals surface area contributed by atoms with Gasteiger partial charge in [-0.2, -0.15) is 0 Å². The molecule has 0 aliphatic heterocycles. The van der Waals surface area contributed by atoms with Gasteiger partial charge in [-0.05, 0) is 12.3 Å². The van der Waals surface area contributed by atoms with E-state index in [1.165, 1.54) is 12.5 Å². The van der Waals surface area contributed by atoms with Crippen molar-refractivity contribution in [1.29, 1.82) is 0 Å². The molecule has 0 saturated carbocycles. The summed E-state index contributed by atoms with van der Waals surface area (Å²) in [5.74, 6) is -4.28. The molecule has 1 heterocycles. The molecule has 1 rings (SSSR count). The van der Waals surface area contributed by atoms with Crippen LogP contribution in [0.4, 0.5) is 0 Å². The number of carbonyl (C=O) groups is 5. The number of hydrogen-bond donors (Lipinski definition) is 7. The maximum atomic E-state index is 12.8. The van der Waals surface area contributed by atoms with Crippen LogP contribution in [0.25, 0.3) is 0 Å². The van der Waals surface area contributed by atoms with Crippen molar-refractivity contribution >= 4 is 29.6 Å². The molecular formula is C18H29N7O6. The Balaban J connectivity index is 2.96. The Morgan fingerprint density at radius 1 is 1.10 bits per heavy atom. The molecule has 3 atom stereocenters. The van der Waals surface area contributed by atoms with Crippen LogP contribution in [0, 0.1) is 5.92 Å². The highest BCUT2D eigenvalue weighted by molar-refractivity contribution is 5.95. The normalized spacial score (nSPS) is 13.7. The van der Waals surface area contributed by atoms with Crippen molar-refractivity contribution in [3.8, 4) is 0 Å².